The van der Waals surface area contributed by atoms with Gasteiger partial charge in [-0.3, -0.25) is 0 Å². The maximum atomic E-state index is 5.29. The Labute approximate surface area is 331 Å². The summed E-state index contributed by atoms with van der Waals surface area (Å²) in [7, 11) is 0. The van der Waals surface area contributed by atoms with Crippen molar-refractivity contribution in [1.29, 1.82) is 0 Å². The molecule has 0 saturated carbocycles. The first kappa shape index (κ1) is 31.0. The molecule has 1 aliphatic rings. The summed E-state index contributed by atoms with van der Waals surface area (Å²) in [6.07, 6.45) is 0. The molecule has 0 saturated heterocycles. The van der Waals surface area contributed by atoms with E-state index in [2.05, 4.69) is 144 Å². The first-order valence-corrected chi connectivity index (χ1v) is 20.2. The van der Waals surface area contributed by atoms with Crippen molar-refractivity contribution < 1.29 is 0 Å². The molecule has 264 valence electrons. The molecule has 1 aliphatic carbocycles. The first-order valence-electron chi connectivity index (χ1n) is 19.4. The standard InChI is InChI=1S/C52H30N4S/c1-3-14-30(15-4-1)50-53-51(31-16-5-2-6-17-31)55-52(54-50)45-36-21-10-9-20-35(36)44-38(45)28-29-41-46(44)39-24-11-23-37-33-19-8-7-18-32(33)34-22-12-26-42-47(34)48-40(56(41)49(37)39)25-13-27-43(48)57-42/h1-29,45H. The zero-order chi connectivity index (χ0) is 37.2. The molecule has 0 amide bonds. The van der Waals surface area contributed by atoms with Crippen LogP contribution in [0.4, 0.5) is 0 Å². The Hall–Kier alpha value is -7.21. The molecule has 4 nitrogen and oxygen atoms in total. The number of hydrogen-bond acceptors (Lipinski definition) is 4. The molecule has 0 radical (unpaired) electrons. The van der Waals surface area contributed by atoms with Crippen molar-refractivity contribution in [2.45, 2.75) is 5.92 Å². The zero-order valence-corrected chi connectivity index (χ0v) is 31.3. The lowest BCUT2D eigenvalue weighted by Crippen LogP contribution is -2.09. The molecule has 0 aliphatic heterocycles. The van der Waals surface area contributed by atoms with Crippen LogP contribution in [-0.2, 0) is 0 Å². The van der Waals surface area contributed by atoms with Crippen LogP contribution in [0.5, 0.6) is 0 Å². The van der Waals surface area contributed by atoms with Gasteiger partial charge in [0.05, 0.1) is 22.5 Å². The van der Waals surface area contributed by atoms with Gasteiger partial charge < -0.3 is 4.40 Å². The van der Waals surface area contributed by atoms with Crippen molar-refractivity contribution in [3.63, 3.8) is 0 Å². The molecule has 1 atom stereocenters. The van der Waals surface area contributed by atoms with Crippen LogP contribution in [0.1, 0.15) is 22.9 Å². The van der Waals surface area contributed by atoms with Crippen molar-refractivity contribution in [2.24, 2.45) is 0 Å². The molecule has 57 heavy (non-hydrogen) atoms. The largest absolute Gasteiger partial charge is 0.308 e. The van der Waals surface area contributed by atoms with Gasteiger partial charge in [0.1, 0.15) is 5.82 Å². The maximum Gasteiger partial charge on any atom is 0.163 e. The predicted molar refractivity (Wildman–Crippen MR) is 237 cm³/mol. The number of fused-ring (bicyclic) bond motifs is 11. The third-order valence-electron chi connectivity index (χ3n) is 12.1. The Morgan fingerprint density at radius 3 is 1.75 bits per heavy atom. The van der Waals surface area contributed by atoms with Crippen LogP contribution < -0.4 is 0 Å². The predicted octanol–water partition coefficient (Wildman–Crippen LogP) is 13.6. The van der Waals surface area contributed by atoms with E-state index in [-0.39, 0.29) is 5.92 Å². The lowest BCUT2D eigenvalue weighted by atomic mass is 9.94. The van der Waals surface area contributed by atoms with Gasteiger partial charge in [-0.15, -0.1) is 11.3 Å². The molecular weight excluding hydrogens is 713 g/mol. The fourth-order valence-corrected chi connectivity index (χ4v) is 10.9. The number of para-hydroxylation sites is 1. The SMILES string of the molecule is c1ccc(-c2nc(-c3ccccc3)nc(C3c4ccccc4-c4c3ccc3c4c4cccc5c6ccccc6c6cccc7sc8cccc(c8c76)n3c54)n2)cc1. The maximum absolute atomic E-state index is 5.29. The van der Waals surface area contributed by atoms with E-state index in [9.17, 15) is 0 Å². The van der Waals surface area contributed by atoms with E-state index in [1.165, 1.54) is 91.3 Å². The van der Waals surface area contributed by atoms with Crippen molar-refractivity contribution in [1.82, 2.24) is 19.4 Å². The minimum absolute atomic E-state index is 0.179. The van der Waals surface area contributed by atoms with E-state index in [4.69, 9.17) is 15.0 Å². The number of thiophene rings is 1. The van der Waals surface area contributed by atoms with E-state index in [1.54, 1.807) is 0 Å². The summed E-state index contributed by atoms with van der Waals surface area (Å²) in [5, 5.41) is 10.2. The Morgan fingerprint density at radius 1 is 0.404 bits per heavy atom. The smallest absolute Gasteiger partial charge is 0.163 e. The summed E-state index contributed by atoms with van der Waals surface area (Å²) >= 11 is 1.88. The van der Waals surface area contributed by atoms with Gasteiger partial charge in [-0.1, -0.05) is 152 Å². The van der Waals surface area contributed by atoms with Crippen LogP contribution in [-0.4, -0.2) is 19.4 Å². The van der Waals surface area contributed by atoms with Crippen LogP contribution in [0, 0.1) is 0 Å². The Bertz CT molecular complexity index is 3580. The summed E-state index contributed by atoms with van der Waals surface area (Å²) in [4.78, 5) is 15.6. The number of hydrogen-bond donors (Lipinski definition) is 0. The minimum Gasteiger partial charge on any atom is -0.308 e. The highest BCUT2D eigenvalue weighted by atomic mass is 32.1. The van der Waals surface area contributed by atoms with Crippen LogP contribution in [0.25, 0.3) is 103 Å². The third kappa shape index (κ3) is 4.29. The topological polar surface area (TPSA) is 43.1 Å². The van der Waals surface area contributed by atoms with Crippen LogP contribution in [0.15, 0.2) is 176 Å². The highest BCUT2D eigenvalue weighted by molar-refractivity contribution is 7.26. The monoisotopic (exact) mass is 742 g/mol. The van der Waals surface area contributed by atoms with E-state index < -0.39 is 0 Å². The lowest BCUT2D eigenvalue weighted by Gasteiger charge is -2.15. The van der Waals surface area contributed by atoms with E-state index in [1.807, 2.05) is 47.7 Å². The Morgan fingerprint density at radius 2 is 0.982 bits per heavy atom. The quantitative estimate of drug-likeness (QED) is 0.181. The fraction of sp³-hybridized carbons (Fsp3) is 0.0192. The van der Waals surface area contributed by atoms with Gasteiger partial charge in [0.2, 0.25) is 0 Å². The van der Waals surface area contributed by atoms with Crippen molar-refractivity contribution >= 4 is 80.4 Å². The Balaban J connectivity index is 1.20. The van der Waals surface area contributed by atoms with Gasteiger partial charge in [-0.05, 0) is 62.7 Å². The van der Waals surface area contributed by atoms with E-state index >= 15 is 0 Å². The second kappa shape index (κ2) is 11.7. The highest BCUT2D eigenvalue weighted by Gasteiger charge is 2.35. The molecule has 4 aromatic heterocycles. The first-order chi connectivity index (χ1) is 28.3. The molecular formula is C52H30N4S. The van der Waals surface area contributed by atoms with Gasteiger partial charge in [0, 0.05) is 47.5 Å². The number of aromatic nitrogens is 4. The molecule has 12 aromatic rings. The lowest BCUT2D eigenvalue weighted by molar-refractivity contribution is 0.856. The van der Waals surface area contributed by atoms with Crippen LogP contribution in [0.3, 0.4) is 0 Å². The van der Waals surface area contributed by atoms with Crippen molar-refractivity contribution in [3.8, 4) is 33.9 Å². The number of nitrogens with zero attached hydrogens (tertiary/aromatic N) is 4. The van der Waals surface area contributed by atoms with E-state index in [0.29, 0.717) is 11.6 Å². The second-order valence-corrected chi connectivity index (χ2v) is 16.1. The average molecular weight is 743 g/mol. The minimum atomic E-state index is -0.179. The van der Waals surface area contributed by atoms with E-state index in [0.717, 1.165) is 17.0 Å². The summed E-state index contributed by atoms with van der Waals surface area (Å²) in [5.74, 6) is 1.93. The summed E-state index contributed by atoms with van der Waals surface area (Å²) in [6, 6.07) is 63.6. The molecule has 0 spiro atoms. The molecule has 4 heterocycles. The van der Waals surface area contributed by atoms with Crippen LogP contribution in [0.2, 0.25) is 0 Å². The van der Waals surface area contributed by atoms with Gasteiger partial charge in [0.25, 0.3) is 0 Å². The zero-order valence-electron chi connectivity index (χ0n) is 30.5. The molecule has 0 fully saturated rings. The fourth-order valence-electron chi connectivity index (χ4n) is 9.76. The van der Waals surface area contributed by atoms with Crippen LogP contribution >= 0.6 is 11.3 Å². The third-order valence-corrected chi connectivity index (χ3v) is 13.2. The molecule has 5 heteroatoms. The summed E-state index contributed by atoms with van der Waals surface area (Å²) < 4.78 is 5.17. The molecule has 0 N–H and O–H groups in total. The summed E-state index contributed by atoms with van der Waals surface area (Å²) in [6.45, 7) is 0. The van der Waals surface area contributed by atoms with Gasteiger partial charge >= 0.3 is 0 Å². The summed E-state index contributed by atoms with van der Waals surface area (Å²) in [5.41, 5.74) is 10.5. The van der Waals surface area contributed by atoms with Gasteiger partial charge in [-0.2, -0.15) is 0 Å². The van der Waals surface area contributed by atoms with Gasteiger partial charge in [-0.25, -0.2) is 15.0 Å². The molecule has 1 unspecified atom stereocenters. The van der Waals surface area contributed by atoms with Crippen molar-refractivity contribution in [3.05, 3.63) is 193 Å². The average Bonchev–Trinajstić information content (AvgIpc) is 3.95. The second-order valence-electron chi connectivity index (χ2n) is 15.0. The molecule has 8 aromatic carbocycles. The normalized spacial score (nSPS) is 13.8. The molecule has 0 bridgehead atoms. The number of benzene rings is 8. The highest BCUT2D eigenvalue weighted by Crippen LogP contribution is 2.53. The van der Waals surface area contributed by atoms with Gasteiger partial charge in [0.15, 0.2) is 11.6 Å². The Kier molecular flexibility index (Phi) is 6.35. The molecule has 13 rings (SSSR count). The van der Waals surface area contributed by atoms with Crippen molar-refractivity contribution in [2.75, 3.05) is 0 Å². The number of rotatable bonds is 3.